The van der Waals surface area contributed by atoms with Crippen LogP contribution in [0.25, 0.3) is 0 Å². The van der Waals surface area contributed by atoms with Gasteiger partial charge in [-0.25, -0.2) is 0 Å². The number of hydrogen-bond acceptors (Lipinski definition) is 4. The second-order valence-corrected chi connectivity index (χ2v) is 4.31. The highest BCUT2D eigenvalue weighted by molar-refractivity contribution is 6.35. The van der Waals surface area contributed by atoms with Crippen LogP contribution in [0.15, 0.2) is 36.8 Å². The number of ether oxygens (including phenoxy) is 1. The van der Waals surface area contributed by atoms with Crippen LogP contribution in [0.1, 0.15) is 17.5 Å². The third kappa shape index (κ3) is 3.17. The van der Waals surface area contributed by atoms with Crippen LogP contribution < -0.4 is 0 Å². The van der Waals surface area contributed by atoms with Gasteiger partial charge in [-0.3, -0.25) is 9.97 Å². The highest BCUT2D eigenvalue weighted by Gasteiger charge is 2.12. The average molecular weight is 285 g/mol. The zero-order chi connectivity index (χ0) is 13.0. The summed E-state index contributed by atoms with van der Waals surface area (Å²) in [7, 11) is 0. The third-order valence-electron chi connectivity index (χ3n) is 2.28. The molecule has 2 heterocycles. The van der Waals surface area contributed by atoms with Gasteiger partial charge in [0.25, 0.3) is 0 Å². The molecule has 18 heavy (non-hydrogen) atoms. The average Bonchev–Trinajstić information content (AvgIpc) is 2.39. The lowest BCUT2D eigenvalue weighted by atomic mass is 10.3. The molecule has 2 rings (SSSR count). The predicted molar refractivity (Wildman–Crippen MR) is 68.2 cm³/mol. The Morgan fingerprint density at radius 1 is 1.22 bits per heavy atom. The molecule has 0 saturated heterocycles. The van der Waals surface area contributed by atoms with Crippen molar-refractivity contribution < 1.29 is 9.84 Å². The fraction of sp³-hybridized carbons (Fsp3) is 0.167. The smallest absolute Gasteiger partial charge is 0.198 e. The van der Waals surface area contributed by atoms with Crippen LogP contribution in [0.2, 0.25) is 10.0 Å². The molecular formula is C12H10Cl2N2O2. The molecule has 6 heteroatoms. The van der Waals surface area contributed by atoms with Crippen LogP contribution in [0, 0.1) is 0 Å². The molecule has 94 valence electrons. The number of aliphatic hydroxyl groups is 1. The molecule has 0 aromatic carbocycles. The molecule has 0 amide bonds. The zero-order valence-corrected chi connectivity index (χ0v) is 10.8. The first-order chi connectivity index (χ1) is 8.68. The minimum absolute atomic E-state index is 0.0813. The molecule has 0 aliphatic carbocycles. The Labute approximate surface area is 114 Å². The lowest BCUT2D eigenvalue weighted by Gasteiger charge is -2.12. The highest BCUT2D eigenvalue weighted by Crippen LogP contribution is 2.25. The molecule has 1 unspecified atom stereocenters. The van der Waals surface area contributed by atoms with Gasteiger partial charge in [0.05, 0.1) is 22.3 Å². The van der Waals surface area contributed by atoms with Crippen molar-refractivity contribution in [1.29, 1.82) is 0 Å². The monoisotopic (exact) mass is 284 g/mol. The van der Waals surface area contributed by atoms with E-state index < -0.39 is 6.29 Å². The second-order valence-electron chi connectivity index (χ2n) is 3.50. The standard InChI is InChI=1S/C12H10Cl2N2O2/c13-9-5-15-6-10(14)8(9)7-18-12(17)11-3-1-2-4-16-11/h1-6,12,17H,7H2. The highest BCUT2D eigenvalue weighted by atomic mass is 35.5. The van der Waals surface area contributed by atoms with E-state index in [4.69, 9.17) is 27.9 Å². The van der Waals surface area contributed by atoms with Crippen molar-refractivity contribution in [1.82, 2.24) is 9.97 Å². The van der Waals surface area contributed by atoms with E-state index in [0.717, 1.165) is 0 Å². The van der Waals surface area contributed by atoms with Gasteiger partial charge in [0.1, 0.15) is 0 Å². The molecular weight excluding hydrogens is 275 g/mol. The number of hydrogen-bond donors (Lipinski definition) is 1. The third-order valence-corrected chi connectivity index (χ3v) is 2.93. The summed E-state index contributed by atoms with van der Waals surface area (Å²) >= 11 is 11.9. The van der Waals surface area contributed by atoms with Crippen LogP contribution in [0.5, 0.6) is 0 Å². The fourth-order valence-electron chi connectivity index (χ4n) is 1.35. The van der Waals surface area contributed by atoms with E-state index in [2.05, 4.69) is 9.97 Å². The molecule has 1 atom stereocenters. The van der Waals surface area contributed by atoms with E-state index in [1.165, 1.54) is 12.4 Å². The van der Waals surface area contributed by atoms with Crippen molar-refractivity contribution in [2.45, 2.75) is 12.9 Å². The van der Waals surface area contributed by atoms with Gasteiger partial charge in [0, 0.05) is 24.2 Å². The van der Waals surface area contributed by atoms with E-state index in [1.807, 2.05) is 0 Å². The molecule has 4 nitrogen and oxygen atoms in total. The van der Waals surface area contributed by atoms with Gasteiger partial charge >= 0.3 is 0 Å². The maximum Gasteiger partial charge on any atom is 0.198 e. The second kappa shape index (κ2) is 6.11. The summed E-state index contributed by atoms with van der Waals surface area (Å²) in [6.45, 7) is 0.0813. The first kappa shape index (κ1) is 13.2. The molecule has 0 spiro atoms. The first-order valence-corrected chi connectivity index (χ1v) is 5.92. The summed E-state index contributed by atoms with van der Waals surface area (Å²) in [5.41, 5.74) is 1.02. The number of rotatable bonds is 4. The van der Waals surface area contributed by atoms with E-state index in [9.17, 15) is 5.11 Å². The van der Waals surface area contributed by atoms with E-state index in [-0.39, 0.29) is 6.61 Å². The summed E-state index contributed by atoms with van der Waals surface area (Å²) in [5.74, 6) is 0. The lowest BCUT2D eigenvalue weighted by Crippen LogP contribution is -2.06. The molecule has 1 N–H and O–H groups in total. The van der Waals surface area contributed by atoms with Crippen LogP contribution in [-0.4, -0.2) is 15.1 Å². The molecule has 2 aromatic rings. The predicted octanol–water partition coefficient (Wildman–Crippen LogP) is 2.99. The summed E-state index contributed by atoms with van der Waals surface area (Å²) in [6, 6.07) is 5.19. The van der Waals surface area contributed by atoms with Crippen molar-refractivity contribution in [2.75, 3.05) is 0 Å². The maximum absolute atomic E-state index is 9.78. The van der Waals surface area contributed by atoms with Crippen LogP contribution in [-0.2, 0) is 11.3 Å². The van der Waals surface area contributed by atoms with Gasteiger partial charge in [0.15, 0.2) is 6.29 Å². The van der Waals surface area contributed by atoms with Gasteiger partial charge in [-0.05, 0) is 12.1 Å². The summed E-state index contributed by atoms with van der Waals surface area (Å²) in [6.07, 6.45) is 3.40. The van der Waals surface area contributed by atoms with Gasteiger partial charge < -0.3 is 9.84 Å². The number of aromatic nitrogens is 2. The molecule has 2 aromatic heterocycles. The Balaban J connectivity index is 2.04. The van der Waals surface area contributed by atoms with Gasteiger partial charge in [-0.2, -0.15) is 0 Å². The number of pyridine rings is 2. The molecule has 0 saturated carbocycles. The number of halogens is 2. The van der Waals surface area contributed by atoms with Crippen molar-refractivity contribution >= 4 is 23.2 Å². The Kier molecular flexibility index (Phi) is 4.49. The Morgan fingerprint density at radius 3 is 2.56 bits per heavy atom. The normalized spacial score (nSPS) is 12.4. The maximum atomic E-state index is 9.78. The molecule has 0 aliphatic heterocycles. The Bertz CT molecular complexity index is 502. The molecule has 0 bridgehead atoms. The van der Waals surface area contributed by atoms with Crippen molar-refractivity contribution in [2.24, 2.45) is 0 Å². The van der Waals surface area contributed by atoms with Gasteiger partial charge in [-0.15, -0.1) is 0 Å². The molecule has 0 fully saturated rings. The van der Waals surface area contributed by atoms with E-state index in [1.54, 1.807) is 24.4 Å². The summed E-state index contributed by atoms with van der Waals surface area (Å²) in [4.78, 5) is 7.82. The van der Waals surface area contributed by atoms with Gasteiger partial charge in [0.2, 0.25) is 0 Å². The largest absolute Gasteiger partial charge is 0.363 e. The quantitative estimate of drug-likeness (QED) is 0.877. The van der Waals surface area contributed by atoms with Crippen LogP contribution >= 0.6 is 23.2 Å². The summed E-state index contributed by atoms with van der Waals surface area (Å²) in [5, 5.41) is 10.6. The van der Waals surface area contributed by atoms with Crippen LogP contribution in [0.3, 0.4) is 0 Å². The number of nitrogens with zero attached hydrogens (tertiary/aromatic N) is 2. The summed E-state index contributed by atoms with van der Waals surface area (Å²) < 4.78 is 5.27. The number of aliphatic hydroxyl groups excluding tert-OH is 1. The minimum Gasteiger partial charge on any atom is -0.363 e. The van der Waals surface area contributed by atoms with Crippen molar-refractivity contribution in [3.05, 3.63) is 58.1 Å². The molecule has 0 aliphatic rings. The van der Waals surface area contributed by atoms with E-state index >= 15 is 0 Å². The van der Waals surface area contributed by atoms with Crippen LogP contribution in [0.4, 0.5) is 0 Å². The van der Waals surface area contributed by atoms with Crippen molar-refractivity contribution in [3.8, 4) is 0 Å². The van der Waals surface area contributed by atoms with E-state index in [0.29, 0.717) is 21.3 Å². The Hall–Kier alpha value is -1.20. The topological polar surface area (TPSA) is 55.2 Å². The zero-order valence-electron chi connectivity index (χ0n) is 9.25. The molecule has 0 radical (unpaired) electrons. The fourth-order valence-corrected chi connectivity index (χ4v) is 1.82. The SMILES string of the molecule is OC(OCc1c(Cl)cncc1Cl)c1ccccn1. The Morgan fingerprint density at radius 2 is 1.94 bits per heavy atom. The first-order valence-electron chi connectivity index (χ1n) is 5.17. The van der Waals surface area contributed by atoms with Crippen molar-refractivity contribution in [3.63, 3.8) is 0 Å². The lowest BCUT2D eigenvalue weighted by molar-refractivity contribution is -0.114. The van der Waals surface area contributed by atoms with Gasteiger partial charge in [-0.1, -0.05) is 29.3 Å². The minimum atomic E-state index is -1.12.